The zero-order valence-corrected chi connectivity index (χ0v) is 10.5. The van der Waals surface area contributed by atoms with Gasteiger partial charge in [-0.25, -0.2) is 0 Å². The summed E-state index contributed by atoms with van der Waals surface area (Å²) in [5, 5.41) is 11.6. The summed E-state index contributed by atoms with van der Waals surface area (Å²) in [5.41, 5.74) is -0.680. The predicted octanol–water partition coefficient (Wildman–Crippen LogP) is 3.05. The largest absolute Gasteiger partial charge is 0.480 e. The molecular formula is C13H16F3NO2. The molecule has 2 N–H and O–H groups in total. The SMILES string of the molecule is CCC[C@H](NCc1ccccc1C(F)(F)F)C(=O)O. The van der Waals surface area contributed by atoms with E-state index in [9.17, 15) is 18.0 Å². The lowest BCUT2D eigenvalue weighted by Gasteiger charge is -2.16. The van der Waals surface area contributed by atoms with Gasteiger partial charge in [0.25, 0.3) is 0 Å². The topological polar surface area (TPSA) is 49.3 Å². The molecule has 1 aromatic carbocycles. The first-order valence-corrected chi connectivity index (χ1v) is 5.97. The second kappa shape index (κ2) is 6.56. The molecule has 1 atom stereocenters. The van der Waals surface area contributed by atoms with Gasteiger partial charge in [0.15, 0.2) is 0 Å². The van der Waals surface area contributed by atoms with Crippen LogP contribution in [0.5, 0.6) is 0 Å². The standard InChI is InChI=1S/C13H16F3NO2/c1-2-5-11(12(18)19)17-8-9-6-3-4-7-10(9)13(14,15)16/h3-4,6-7,11,17H,2,5,8H2,1H3,(H,18,19)/t11-/m0/s1. The van der Waals surface area contributed by atoms with Crippen LogP contribution in [0.15, 0.2) is 24.3 Å². The van der Waals surface area contributed by atoms with Gasteiger partial charge in [0, 0.05) is 6.54 Å². The third-order valence-electron chi connectivity index (χ3n) is 2.74. The molecule has 106 valence electrons. The first-order valence-electron chi connectivity index (χ1n) is 5.97. The van der Waals surface area contributed by atoms with Gasteiger partial charge in [-0.05, 0) is 18.1 Å². The average molecular weight is 275 g/mol. The van der Waals surface area contributed by atoms with Gasteiger partial charge < -0.3 is 10.4 Å². The summed E-state index contributed by atoms with van der Waals surface area (Å²) in [6, 6.07) is 4.33. The number of benzene rings is 1. The number of nitrogens with one attached hydrogen (secondary N) is 1. The molecule has 0 heterocycles. The van der Waals surface area contributed by atoms with Crippen molar-refractivity contribution in [3.63, 3.8) is 0 Å². The maximum Gasteiger partial charge on any atom is 0.416 e. The van der Waals surface area contributed by atoms with Crippen LogP contribution in [0.3, 0.4) is 0 Å². The van der Waals surface area contributed by atoms with E-state index in [2.05, 4.69) is 5.32 Å². The second-order valence-corrected chi connectivity index (χ2v) is 4.22. The molecule has 0 aliphatic heterocycles. The minimum atomic E-state index is -4.43. The van der Waals surface area contributed by atoms with Crippen molar-refractivity contribution < 1.29 is 23.1 Å². The highest BCUT2D eigenvalue weighted by atomic mass is 19.4. The molecule has 0 radical (unpaired) electrons. The summed E-state index contributed by atoms with van der Waals surface area (Å²) in [6.07, 6.45) is -3.41. The molecule has 0 fully saturated rings. The molecule has 0 bridgehead atoms. The summed E-state index contributed by atoms with van der Waals surface area (Å²) in [6.45, 7) is 1.70. The Kier molecular flexibility index (Phi) is 5.35. The van der Waals surface area contributed by atoms with Gasteiger partial charge in [-0.1, -0.05) is 31.5 Å². The number of rotatable bonds is 6. The lowest BCUT2D eigenvalue weighted by molar-refractivity contribution is -0.139. The van der Waals surface area contributed by atoms with Crippen LogP contribution in [0.1, 0.15) is 30.9 Å². The fraction of sp³-hybridized carbons (Fsp3) is 0.462. The van der Waals surface area contributed by atoms with E-state index in [0.29, 0.717) is 12.8 Å². The van der Waals surface area contributed by atoms with Crippen molar-refractivity contribution in [1.82, 2.24) is 5.32 Å². The van der Waals surface area contributed by atoms with E-state index in [0.717, 1.165) is 6.07 Å². The van der Waals surface area contributed by atoms with Crippen molar-refractivity contribution in [2.45, 2.75) is 38.5 Å². The van der Waals surface area contributed by atoms with E-state index in [-0.39, 0.29) is 12.1 Å². The Morgan fingerprint density at radius 1 is 1.37 bits per heavy atom. The zero-order chi connectivity index (χ0) is 14.5. The predicted molar refractivity (Wildman–Crippen MR) is 64.6 cm³/mol. The monoisotopic (exact) mass is 275 g/mol. The number of hydrogen-bond donors (Lipinski definition) is 2. The highest BCUT2D eigenvalue weighted by Gasteiger charge is 2.32. The van der Waals surface area contributed by atoms with E-state index in [1.165, 1.54) is 18.2 Å². The fourth-order valence-electron chi connectivity index (χ4n) is 1.79. The molecule has 0 aliphatic carbocycles. The zero-order valence-electron chi connectivity index (χ0n) is 10.5. The molecular weight excluding hydrogens is 259 g/mol. The van der Waals surface area contributed by atoms with Crippen LogP contribution in [0.2, 0.25) is 0 Å². The lowest BCUT2D eigenvalue weighted by Crippen LogP contribution is -2.36. The van der Waals surface area contributed by atoms with Crippen molar-refractivity contribution in [3.8, 4) is 0 Å². The molecule has 3 nitrogen and oxygen atoms in total. The Balaban J connectivity index is 2.80. The minimum absolute atomic E-state index is 0.0531. The molecule has 0 aromatic heterocycles. The normalized spacial score (nSPS) is 13.3. The summed E-state index contributed by atoms with van der Waals surface area (Å²) in [5.74, 6) is -1.05. The van der Waals surface area contributed by atoms with E-state index >= 15 is 0 Å². The van der Waals surface area contributed by atoms with E-state index < -0.39 is 23.8 Å². The fourth-order valence-corrected chi connectivity index (χ4v) is 1.79. The van der Waals surface area contributed by atoms with Crippen LogP contribution in [0.4, 0.5) is 13.2 Å². The molecule has 0 amide bonds. The van der Waals surface area contributed by atoms with Crippen LogP contribution in [0.25, 0.3) is 0 Å². The maximum absolute atomic E-state index is 12.7. The third kappa shape index (κ3) is 4.55. The van der Waals surface area contributed by atoms with Crippen LogP contribution in [0, 0.1) is 0 Å². The van der Waals surface area contributed by atoms with Gasteiger partial charge in [-0.15, -0.1) is 0 Å². The quantitative estimate of drug-likeness (QED) is 0.839. The average Bonchev–Trinajstić information content (AvgIpc) is 2.33. The smallest absolute Gasteiger partial charge is 0.416 e. The molecule has 0 saturated heterocycles. The Bertz CT molecular complexity index is 432. The Labute approximate surface area is 109 Å². The van der Waals surface area contributed by atoms with Crippen LogP contribution in [-0.2, 0) is 17.5 Å². The lowest BCUT2D eigenvalue weighted by atomic mass is 10.1. The van der Waals surface area contributed by atoms with Gasteiger partial charge in [-0.2, -0.15) is 13.2 Å². The summed E-state index contributed by atoms with van der Waals surface area (Å²) < 4.78 is 38.2. The molecule has 1 aromatic rings. The number of aliphatic carboxylic acids is 1. The van der Waals surface area contributed by atoms with Crippen molar-refractivity contribution in [2.75, 3.05) is 0 Å². The Hall–Kier alpha value is -1.56. The van der Waals surface area contributed by atoms with Gasteiger partial charge in [-0.3, -0.25) is 4.79 Å². The van der Waals surface area contributed by atoms with Gasteiger partial charge >= 0.3 is 12.1 Å². The first-order chi connectivity index (χ1) is 8.86. The number of carbonyl (C=O) groups is 1. The number of carboxylic acid groups (broad SMARTS) is 1. The molecule has 0 unspecified atom stereocenters. The summed E-state index contributed by atoms with van der Waals surface area (Å²) >= 11 is 0. The van der Waals surface area contributed by atoms with Crippen molar-refractivity contribution in [1.29, 1.82) is 0 Å². The van der Waals surface area contributed by atoms with Gasteiger partial charge in [0.1, 0.15) is 6.04 Å². The number of hydrogen-bond acceptors (Lipinski definition) is 2. The number of alkyl halides is 3. The maximum atomic E-state index is 12.7. The van der Waals surface area contributed by atoms with E-state index in [4.69, 9.17) is 5.11 Å². The molecule has 19 heavy (non-hydrogen) atoms. The van der Waals surface area contributed by atoms with E-state index in [1.54, 1.807) is 0 Å². The molecule has 0 spiro atoms. The summed E-state index contributed by atoms with van der Waals surface area (Å²) in [4.78, 5) is 10.9. The van der Waals surface area contributed by atoms with Crippen molar-refractivity contribution >= 4 is 5.97 Å². The third-order valence-corrected chi connectivity index (χ3v) is 2.74. The molecule has 6 heteroatoms. The Morgan fingerprint density at radius 2 is 2.00 bits per heavy atom. The number of halogens is 3. The van der Waals surface area contributed by atoms with E-state index in [1.807, 2.05) is 6.92 Å². The first kappa shape index (κ1) is 15.5. The highest BCUT2D eigenvalue weighted by Crippen LogP contribution is 2.31. The van der Waals surface area contributed by atoms with Crippen molar-refractivity contribution in [2.24, 2.45) is 0 Å². The molecule has 1 rings (SSSR count). The molecule has 0 saturated carbocycles. The molecule has 0 aliphatic rings. The minimum Gasteiger partial charge on any atom is -0.480 e. The van der Waals surface area contributed by atoms with Gasteiger partial charge in [0.2, 0.25) is 0 Å². The van der Waals surface area contributed by atoms with Gasteiger partial charge in [0.05, 0.1) is 5.56 Å². The van der Waals surface area contributed by atoms with Crippen LogP contribution >= 0.6 is 0 Å². The van der Waals surface area contributed by atoms with Crippen LogP contribution in [-0.4, -0.2) is 17.1 Å². The highest BCUT2D eigenvalue weighted by molar-refractivity contribution is 5.73. The number of carboxylic acids is 1. The van der Waals surface area contributed by atoms with Crippen molar-refractivity contribution in [3.05, 3.63) is 35.4 Å². The Morgan fingerprint density at radius 3 is 2.53 bits per heavy atom. The second-order valence-electron chi connectivity index (χ2n) is 4.22. The summed E-state index contributed by atoms with van der Waals surface area (Å²) in [7, 11) is 0. The van der Waals surface area contributed by atoms with Crippen LogP contribution < -0.4 is 5.32 Å².